The van der Waals surface area contributed by atoms with Crippen molar-refractivity contribution in [1.82, 2.24) is 4.98 Å². The molecule has 1 aliphatic rings. The maximum Gasteiger partial charge on any atom is 0.307 e. The number of fused-ring (bicyclic) bond motifs is 3. The van der Waals surface area contributed by atoms with Crippen LogP contribution in [0.15, 0.2) is 18.2 Å². The Morgan fingerprint density at radius 2 is 2.25 bits per heavy atom. The van der Waals surface area contributed by atoms with Crippen LogP contribution in [0, 0.1) is 12.8 Å². The number of benzene rings is 1. The van der Waals surface area contributed by atoms with Gasteiger partial charge in [0.1, 0.15) is 0 Å². The van der Waals surface area contributed by atoms with Gasteiger partial charge in [0.2, 0.25) is 0 Å². The number of rotatable bonds is 1. The average Bonchev–Trinajstić information content (AvgIpc) is 2.75. The van der Waals surface area contributed by atoms with Gasteiger partial charge < -0.3 is 10.1 Å². The number of nitrogens with one attached hydrogen (secondary N) is 1. The molecule has 3 nitrogen and oxygen atoms in total. The molecule has 3 rings (SSSR count). The van der Waals surface area contributed by atoms with Crippen LogP contribution in [-0.2, 0) is 17.6 Å². The van der Waals surface area contributed by atoms with Crippen LogP contribution < -0.4 is 0 Å². The zero-order valence-corrected chi connectivity index (χ0v) is 9.08. The number of hydrogen-bond acceptors (Lipinski definition) is 1. The molecule has 0 aliphatic heterocycles. The second kappa shape index (κ2) is 3.11. The lowest BCUT2D eigenvalue weighted by Gasteiger charge is -2.02. The number of aromatic amines is 1. The third-order valence-corrected chi connectivity index (χ3v) is 3.40. The Balaban J connectivity index is 2.13. The summed E-state index contributed by atoms with van der Waals surface area (Å²) in [6.45, 7) is 2.06. The Labute approximate surface area is 93.1 Å². The van der Waals surface area contributed by atoms with Crippen molar-refractivity contribution in [2.45, 2.75) is 19.8 Å². The number of carboxylic acids is 1. The van der Waals surface area contributed by atoms with Crippen molar-refractivity contribution < 1.29 is 9.90 Å². The normalized spacial score (nSPS) is 18.9. The molecule has 1 aromatic heterocycles. The molecule has 2 aromatic rings. The molecular formula is C13H13NO2. The number of H-pyrrole nitrogens is 1. The van der Waals surface area contributed by atoms with Gasteiger partial charge in [-0.3, -0.25) is 4.79 Å². The molecule has 0 bridgehead atoms. The summed E-state index contributed by atoms with van der Waals surface area (Å²) in [7, 11) is 0. The number of aliphatic carboxylic acids is 1. The Hall–Kier alpha value is -1.77. The van der Waals surface area contributed by atoms with Gasteiger partial charge in [0.15, 0.2) is 0 Å². The van der Waals surface area contributed by atoms with Gasteiger partial charge in [0.05, 0.1) is 5.92 Å². The van der Waals surface area contributed by atoms with Gasteiger partial charge >= 0.3 is 5.97 Å². The molecule has 1 unspecified atom stereocenters. The first-order chi connectivity index (χ1) is 7.65. The Bertz CT molecular complexity index is 583. The van der Waals surface area contributed by atoms with E-state index >= 15 is 0 Å². The second-order valence-electron chi connectivity index (χ2n) is 4.57. The third-order valence-electron chi connectivity index (χ3n) is 3.40. The fourth-order valence-electron chi connectivity index (χ4n) is 2.56. The van der Waals surface area contributed by atoms with Crippen LogP contribution in [0.2, 0.25) is 0 Å². The van der Waals surface area contributed by atoms with E-state index in [9.17, 15) is 4.79 Å². The highest BCUT2D eigenvalue weighted by Gasteiger charge is 2.29. The maximum absolute atomic E-state index is 11.0. The van der Waals surface area contributed by atoms with E-state index in [0.29, 0.717) is 12.8 Å². The second-order valence-corrected chi connectivity index (χ2v) is 4.57. The van der Waals surface area contributed by atoms with Crippen LogP contribution in [-0.4, -0.2) is 16.1 Å². The fraction of sp³-hybridized carbons (Fsp3) is 0.308. The van der Waals surface area contributed by atoms with E-state index in [1.54, 1.807) is 0 Å². The van der Waals surface area contributed by atoms with E-state index in [1.807, 2.05) is 0 Å². The van der Waals surface area contributed by atoms with Crippen molar-refractivity contribution in [2.75, 3.05) is 0 Å². The minimum absolute atomic E-state index is 0.244. The summed E-state index contributed by atoms with van der Waals surface area (Å²) in [6.07, 6.45) is 1.30. The summed E-state index contributed by atoms with van der Waals surface area (Å²) in [5.74, 6) is -0.934. The number of aryl methyl sites for hydroxylation is 1. The van der Waals surface area contributed by atoms with Gasteiger partial charge in [-0.15, -0.1) is 0 Å². The molecule has 16 heavy (non-hydrogen) atoms. The molecule has 3 heteroatoms. The van der Waals surface area contributed by atoms with E-state index in [-0.39, 0.29) is 5.92 Å². The smallest absolute Gasteiger partial charge is 0.307 e. The maximum atomic E-state index is 11.0. The predicted molar refractivity (Wildman–Crippen MR) is 61.6 cm³/mol. The highest BCUT2D eigenvalue weighted by Crippen LogP contribution is 2.33. The van der Waals surface area contributed by atoms with Crippen molar-refractivity contribution in [2.24, 2.45) is 5.92 Å². The average molecular weight is 215 g/mol. The number of carbonyl (C=O) groups is 1. The monoisotopic (exact) mass is 215 g/mol. The summed E-state index contributed by atoms with van der Waals surface area (Å²) in [6, 6.07) is 6.27. The first-order valence-electron chi connectivity index (χ1n) is 5.48. The van der Waals surface area contributed by atoms with E-state index < -0.39 is 5.97 Å². The largest absolute Gasteiger partial charge is 0.481 e. The van der Waals surface area contributed by atoms with Gasteiger partial charge in [-0.1, -0.05) is 11.6 Å². The zero-order chi connectivity index (χ0) is 11.3. The lowest BCUT2D eigenvalue weighted by Crippen LogP contribution is -2.13. The summed E-state index contributed by atoms with van der Waals surface area (Å²) in [5.41, 5.74) is 4.65. The van der Waals surface area contributed by atoms with E-state index in [1.165, 1.54) is 16.5 Å². The summed E-state index contributed by atoms with van der Waals surface area (Å²) >= 11 is 0. The van der Waals surface area contributed by atoms with E-state index in [0.717, 1.165) is 11.2 Å². The van der Waals surface area contributed by atoms with Gasteiger partial charge in [-0.2, -0.15) is 0 Å². The van der Waals surface area contributed by atoms with Crippen LogP contribution in [0.5, 0.6) is 0 Å². The standard InChI is InChI=1S/C13H13NO2/c1-7-2-3-11-9(4-7)10-5-8(13(15)16)6-12(10)14-11/h2-4,8,14H,5-6H2,1H3,(H,15,16). The molecular weight excluding hydrogens is 202 g/mol. The molecule has 0 fully saturated rings. The van der Waals surface area contributed by atoms with Gasteiger partial charge in [-0.05, 0) is 31.0 Å². The van der Waals surface area contributed by atoms with E-state index in [4.69, 9.17) is 5.11 Å². The quantitative estimate of drug-likeness (QED) is 0.766. The molecule has 0 saturated carbocycles. The van der Waals surface area contributed by atoms with Crippen molar-refractivity contribution in [3.8, 4) is 0 Å². The van der Waals surface area contributed by atoms with Gasteiger partial charge in [0, 0.05) is 23.0 Å². The Kier molecular flexibility index (Phi) is 1.84. The molecule has 1 aromatic carbocycles. The summed E-state index contributed by atoms with van der Waals surface area (Å²) in [5, 5.41) is 10.2. The fourth-order valence-corrected chi connectivity index (χ4v) is 2.56. The zero-order valence-electron chi connectivity index (χ0n) is 9.08. The highest BCUT2D eigenvalue weighted by molar-refractivity contribution is 5.87. The summed E-state index contributed by atoms with van der Waals surface area (Å²) < 4.78 is 0. The first kappa shape index (κ1) is 9.46. The number of carboxylic acid groups (broad SMARTS) is 1. The Morgan fingerprint density at radius 1 is 1.44 bits per heavy atom. The molecule has 0 amide bonds. The molecule has 1 heterocycles. The number of aromatic nitrogens is 1. The Morgan fingerprint density at radius 3 is 3.00 bits per heavy atom. The van der Waals surface area contributed by atoms with Crippen LogP contribution in [0.4, 0.5) is 0 Å². The van der Waals surface area contributed by atoms with Crippen LogP contribution in [0.1, 0.15) is 16.8 Å². The minimum atomic E-state index is -0.689. The van der Waals surface area contributed by atoms with Gasteiger partial charge in [0.25, 0.3) is 0 Å². The molecule has 2 N–H and O–H groups in total. The highest BCUT2D eigenvalue weighted by atomic mass is 16.4. The van der Waals surface area contributed by atoms with Gasteiger partial charge in [-0.25, -0.2) is 0 Å². The van der Waals surface area contributed by atoms with Crippen LogP contribution >= 0.6 is 0 Å². The molecule has 0 radical (unpaired) electrons. The topological polar surface area (TPSA) is 53.1 Å². The SMILES string of the molecule is Cc1ccc2[nH]c3c(c2c1)CC(C(=O)O)C3. The molecule has 1 atom stereocenters. The van der Waals surface area contributed by atoms with Crippen LogP contribution in [0.25, 0.3) is 10.9 Å². The van der Waals surface area contributed by atoms with Crippen molar-refractivity contribution in [3.05, 3.63) is 35.0 Å². The third kappa shape index (κ3) is 1.24. The van der Waals surface area contributed by atoms with Crippen LogP contribution in [0.3, 0.4) is 0 Å². The lowest BCUT2D eigenvalue weighted by atomic mass is 10.0. The molecule has 0 spiro atoms. The van der Waals surface area contributed by atoms with E-state index in [2.05, 4.69) is 30.1 Å². The van der Waals surface area contributed by atoms with Crippen molar-refractivity contribution in [3.63, 3.8) is 0 Å². The lowest BCUT2D eigenvalue weighted by molar-refractivity contribution is -0.141. The predicted octanol–water partition coefficient (Wildman–Crippen LogP) is 2.28. The number of hydrogen-bond donors (Lipinski definition) is 2. The summed E-state index contributed by atoms with van der Waals surface area (Å²) in [4.78, 5) is 14.3. The molecule has 1 aliphatic carbocycles. The van der Waals surface area contributed by atoms with Crippen molar-refractivity contribution >= 4 is 16.9 Å². The first-order valence-corrected chi connectivity index (χ1v) is 5.48. The minimum Gasteiger partial charge on any atom is -0.481 e. The molecule has 0 saturated heterocycles. The van der Waals surface area contributed by atoms with Crippen molar-refractivity contribution in [1.29, 1.82) is 0 Å². The molecule has 82 valence electrons.